The van der Waals surface area contributed by atoms with Crippen LogP contribution in [-0.2, 0) is 24.4 Å². The number of aliphatic hydroxyl groups excluding tert-OH is 1. The molecular weight excluding hydrogens is 172 g/mol. The molecule has 1 heterocycles. The Labute approximate surface area is 76.3 Å². The molecule has 3 N–H and O–H groups in total. The zero-order valence-corrected chi connectivity index (χ0v) is 7.60. The fraction of sp³-hybridized carbons (Fsp3) is 0.714. The van der Waals surface area contributed by atoms with Gasteiger partial charge in [0.15, 0.2) is 0 Å². The van der Waals surface area contributed by atoms with E-state index in [9.17, 15) is 0 Å². The SMILES string of the molecule is COCc1c(CN)nnn1CCO. The highest BCUT2D eigenvalue weighted by molar-refractivity contribution is 5.08. The topological polar surface area (TPSA) is 86.2 Å². The fourth-order valence-corrected chi connectivity index (χ4v) is 1.10. The number of methoxy groups -OCH3 is 1. The first-order chi connectivity index (χ1) is 6.33. The van der Waals surface area contributed by atoms with Crippen molar-refractivity contribution < 1.29 is 9.84 Å². The Kier molecular flexibility index (Phi) is 3.81. The lowest BCUT2D eigenvalue weighted by atomic mass is 10.3. The van der Waals surface area contributed by atoms with E-state index in [0.29, 0.717) is 19.7 Å². The number of aromatic nitrogens is 3. The lowest BCUT2D eigenvalue weighted by Crippen LogP contribution is -2.10. The Hall–Kier alpha value is -0.980. The predicted molar refractivity (Wildman–Crippen MR) is 45.7 cm³/mol. The maximum atomic E-state index is 8.73. The van der Waals surface area contributed by atoms with Crippen LogP contribution < -0.4 is 5.73 Å². The second-order valence-corrected chi connectivity index (χ2v) is 2.57. The third-order valence-corrected chi connectivity index (χ3v) is 1.70. The van der Waals surface area contributed by atoms with Crippen molar-refractivity contribution in [2.75, 3.05) is 13.7 Å². The third-order valence-electron chi connectivity index (χ3n) is 1.70. The molecule has 0 unspecified atom stereocenters. The van der Waals surface area contributed by atoms with E-state index in [0.717, 1.165) is 11.4 Å². The van der Waals surface area contributed by atoms with E-state index >= 15 is 0 Å². The number of hydrogen-bond acceptors (Lipinski definition) is 5. The Morgan fingerprint density at radius 1 is 1.62 bits per heavy atom. The Morgan fingerprint density at radius 3 is 2.92 bits per heavy atom. The molecule has 0 amide bonds. The maximum Gasteiger partial charge on any atom is 0.102 e. The quantitative estimate of drug-likeness (QED) is 0.608. The van der Waals surface area contributed by atoms with E-state index in [1.807, 2.05) is 0 Å². The molecular formula is C7H14N4O2. The van der Waals surface area contributed by atoms with Crippen LogP contribution in [0.1, 0.15) is 11.4 Å². The molecule has 0 aliphatic heterocycles. The normalized spacial score (nSPS) is 10.7. The van der Waals surface area contributed by atoms with Crippen LogP contribution in [0.5, 0.6) is 0 Å². The molecule has 0 spiro atoms. The average Bonchev–Trinajstić information content (AvgIpc) is 2.50. The molecule has 0 saturated carbocycles. The molecule has 6 nitrogen and oxygen atoms in total. The smallest absolute Gasteiger partial charge is 0.102 e. The van der Waals surface area contributed by atoms with E-state index < -0.39 is 0 Å². The van der Waals surface area contributed by atoms with E-state index in [1.54, 1.807) is 11.8 Å². The number of hydrogen-bond donors (Lipinski definition) is 2. The molecule has 1 aromatic rings. The summed E-state index contributed by atoms with van der Waals surface area (Å²) in [5, 5.41) is 16.4. The molecule has 0 aromatic carbocycles. The van der Waals surface area contributed by atoms with Gasteiger partial charge in [-0.2, -0.15) is 0 Å². The van der Waals surface area contributed by atoms with Crippen LogP contribution in [0.15, 0.2) is 0 Å². The molecule has 74 valence electrons. The number of aliphatic hydroxyl groups is 1. The standard InChI is InChI=1S/C7H14N4O2/c1-13-5-7-6(4-8)9-10-11(7)2-3-12/h12H,2-5,8H2,1H3. The summed E-state index contributed by atoms with van der Waals surface area (Å²) in [4.78, 5) is 0. The molecule has 1 rings (SSSR count). The zero-order chi connectivity index (χ0) is 9.68. The predicted octanol–water partition coefficient (Wildman–Crippen LogP) is -1.12. The molecule has 0 saturated heterocycles. The third kappa shape index (κ3) is 2.24. The van der Waals surface area contributed by atoms with Crippen molar-refractivity contribution in [3.63, 3.8) is 0 Å². The average molecular weight is 186 g/mol. The summed E-state index contributed by atoms with van der Waals surface area (Å²) in [5.74, 6) is 0. The van der Waals surface area contributed by atoms with Crippen molar-refractivity contribution in [3.05, 3.63) is 11.4 Å². The molecule has 0 atom stereocenters. The van der Waals surface area contributed by atoms with Gasteiger partial charge in [-0.3, -0.25) is 0 Å². The van der Waals surface area contributed by atoms with Crippen LogP contribution in [0.4, 0.5) is 0 Å². The monoisotopic (exact) mass is 186 g/mol. The molecule has 6 heteroatoms. The highest BCUT2D eigenvalue weighted by Crippen LogP contribution is 2.05. The van der Waals surface area contributed by atoms with Crippen LogP contribution in [0.25, 0.3) is 0 Å². The summed E-state index contributed by atoms with van der Waals surface area (Å²) >= 11 is 0. The summed E-state index contributed by atoms with van der Waals surface area (Å²) in [6.45, 7) is 1.21. The van der Waals surface area contributed by atoms with Gasteiger partial charge in [0.2, 0.25) is 0 Å². The van der Waals surface area contributed by atoms with Gasteiger partial charge in [0.05, 0.1) is 25.5 Å². The van der Waals surface area contributed by atoms with Gasteiger partial charge < -0.3 is 15.6 Å². The van der Waals surface area contributed by atoms with Crippen LogP contribution in [0.3, 0.4) is 0 Å². The van der Waals surface area contributed by atoms with Crippen LogP contribution in [0.2, 0.25) is 0 Å². The Morgan fingerprint density at radius 2 is 2.38 bits per heavy atom. The number of nitrogens with two attached hydrogens (primary N) is 1. The van der Waals surface area contributed by atoms with Crippen molar-refractivity contribution in [3.8, 4) is 0 Å². The summed E-state index contributed by atoms with van der Waals surface area (Å²) in [6, 6.07) is 0. The largest absolute Gasteiger partial charge is 0.394 e. The zero-order valence-electron chi connectivity index (χ0n) is 7.60. The second kappa shape index (κ2) is 4.90. The number of nitrogens with zero attached hydrogens (tertiary/aromatic N) is 3. The van der Waals surface area contributed by atoms with Gasteiger partial charge in [-0.25, -0.2) is 4.68 Å². The summed E-state index contributed by atoms with van der Waals surface area (Å²) in [7, 11) is 1.59. The van der Waals surface area contributed by atoms with Crippen LogP contribution in [-0.4, -0.2) is 33.8 Å². The molecule has 0 radical (unpaired) electrons. The lowest BCUT2D eigenvalue weighted by Gasteiger charge is -2.04. The van der Waals surface area contributed by atoms with Gasteiger partial charge >= 0.3 is 0 Å². The molecule has 0 aliphatic carbocycles. The van der Waals surface area contributed by atoms with Gasteiger partial charge in [-0.05, 0) is 0 Å². The van der Waals surface area contributed by atoms with E-state index in [2.05, 4.69) is 10.3 Å². The summed E-state index contributed by atoms with van der Waals surface area (Å²) in [6.07, 6.45) is 0. The lowest BCUT2D eigenvalue weighted by molar-refractivity contribution is 0.172. The second-order valence-electron chi connectivity index (χ2n) is 2.57. The van der Waals surface area contributed by atoms with E-state index in [-0.39, 0.29) is 6.61 Å². The van der Waals surface area contributed by atoms with E-state index in [4.69, 9.17) is 15.6 Å². The van der Waals surface area contributed by atoms with Crippen molar-refractivity contribution in [2.45, 2.75) is 19.7 Å². The Balaban J connectivity index is 2.85. The molecule has 0 bridgehead atoms. The fourth-order valence-electron chi connectivity index (χ4n) is 1.10. The first-order valence-electron chi connectivity index (χ1n) is 4.04. The van der Waals surface area contributed by atoms with Crippen LogP contribution in [0, 0.1) is 0 Å². The van der Waals surface area contributed by atoms with E-state index in [1.165, 1.54) is 0 Å². The van der Waals surface area contributed by atoms with Gasteiger partial charge in [-0.1, -0.05) is 5.21 Å². The first kappa shape index (κ1) is 10.1. The minimum Gasteiger partial charge on any atom is -0.394 e. The summed E-state index contributed by atoms with van der Waals surface area (Å²) < 4.78 is 6.58. The molecule has 0 fully saturated rings. The Bertz CT molecular complexity index is 261. The van der Waals surface area contributed by atoms with Crippen molar-refractivity contribution in [2.24, 2.45) is 5.73 Å². The molecule has 13 heavy (non-hydrogen) atoms. The highest BCUT2D eigenvalue weighted by Gasteiger charge is 2.10. The minimum absolute atomic E-state index is 0.0318. The van der Waals surface area contributed by atoms with Crippen molar-refractivity contribution >= 4 is 0 Å². The van der Waals surface area contributed by atoms with Crippen molar-refractivity contribution in [1.29, 1.82) is 0 Å². The van der Waals surface area contributed by atoms with Gasteiger partial charge in [-0.15, -0.1) is 5.10 Å². The number of ether oxygens (including phenoxy) is 1. The van der Waals surface area contributed by atoms with Crippen LogP contribution >= 0.6 is 0 Å². The molecule has 0 aliphatic rings. The maximum absolute atomic E-state index is 8.73. The van der Waals surface area contributed by atoms with Gasteiger partial charge in [0, 0.05) is 13.7 Å². The van der Waals surface area contributed by atoms with Gasteiger partial charge in [0.1, 0.15) is 5.69 Å². The van der Waals surface area contributed by atoms with Gasteiger partial charge in [0.25, 0.3) is 0 Å². The van der Waals surface area contributed by atoms with Crippen molar-refractivity contribution in [1.82, 2.24) is 15.0 Å². The highest BCUT2D eigenvalue weighted by atomic mass is 16.5. The summed E-state index contributed by atoms with van der Waals surface area (Å²) in [5.41, 5.74) is 7.01. The number of rotatable bonds is 5. The first-order valence-corrected chi connectivity index (χ1v) is 4.04. The molecule has 1 aromatic heterocycles. The minimum atomic E-state index is 0.0318.